The van der Waals surface area contributed by atoms with Crippen LogP contribution in [-0.4, -0.2) is 42.3 Å². The zero-order chi connectivity index (χ0) is 20.2. The number of thioether (sulfide) groups is 1. The fraction of sp³-hybridized carbons (Fsp3) is 0.450. The van der Waals surface area contributed by atoms with Crippen molar-refractivity contribution in [2.24, 2.45) is 0 Å². The van der Waals surface area contributed by atoms with E-state index in [0.717, 1.165) is 54.8 Å². The molecule has 3 aromatic heterocycles. The quantitative estimate of drug-likeness (QED) is 0.636. The van der Waals surface area contributed by atoms with E-state index in [1.165, 1.54) is 4.68 Å². The smallest absolute Gasteiger partial charge is 0.267 e. The van der Waals surface area contributed by atoms with E-state index in [-0.39, 0.29) is 24.1 Å². The van der Waals surface area contributed by atoms with Crippen molar-refractivity contribution in [3.63, 3.8) is 0 Å². The summed E-state index contributed by atoms with van der Waals surface area (Å²) in [6, 6.07) is 7.02. The predicted molar refractivity (Wildman–Crippen MR) is 112 cm³/mol. The van der Waals surface area contributed by atoms with Gasteiger partial charge in [0.1, 0.15) is 6.54 Å². The summed E-state index contributed by atoms with van der Waals surface area (Å²) in [6.45, 7) is -0.0986. The van der Waals surface area contributed by atoms with Crippen molar-refractivity contribution < 1.29 is 4.79 Å². The van der Waals surface area contributed by atoms with Crippen LogP contribution in [0.15, 0.2) is 35.3 Å². The standard InChI is InChI=1S/C20H24N6O2S/c1-29-11-9-16(20-23-22-17-8-4-5-10-25(17)20)21-18(27)13-26-19(28)12-14-6-2-3-7-15(14)24-26/h4-5,8,10,12,16H,2-3,6-7,9,11,13H2,1H3,(H,21,27)/t16-/m1/s1. The van der Waals surface area contributed by atoms with Crippen molar-refractivity contribution in [3.8, 4) is 0 Å². The molecular formula is C20H24N6O2S. The highest BCUT2D eigenvalue weighted by Gasteiger charge is 2.21. The van der Waals surface area contributed by atoms with Gasteiger partial charge in [0.05, 0.1) is 11.7 Å². The van der Waals surface area contributed by atoms with Gasteiger partial charge in [-0.25, -0.2) is 4.68 Å². The molecule has 0 bridgehead atoms. The second-order valence-corrected chi connectivity index (χ2v) is 8.19. The first-order valence-corrected chi connectivity index (χ1v) is 11.2. The minimum Gasteiger partial charge on any atom is -0.344 e. The van der Waals surface area contributed by atoms with Gasteiger partial charge in [-0.2, -0.15) is 16.9 Å². The molecule has 0 unspecified atom stereocenters. The Labute approximate surface area is 172 Å². The fourth-order valence-corrected chi connectivity index (χ4v) is 4.16. The van der Waals surface area contributed by atoms with Crippen molar-refractivity contribution >= 4 is 23.3 Å². The number of rotatable bonds is 7. The Balaban J connectivity index is 1.53. The lowest BCUT2D eigenvalue weighted by molar-refractivity contribution is -0.122. The topological polar surface area (TPSA) is 94.2 Å². The number of carbonyl (C=O) groups excluding carboxylic acids is 1. The second-order valence-electron chi connectivity index (χ2n) is 7.21. The third-order valence-corrected chi connectivity index (χ3v) is 5.81. The summed E-state index contributed by atoms with van der Waals surface area (Å²) in [5.41, 5.74) is 2.46. The molecule has 0 aromatic carbocycles. The third-order valence-electron chi connectivity index (χ3n) is 5.16. The molecule has 1 N–H and O–H groups in total. The molecule has 0 aliphatic heterocycles. The molecule has 1 aliphatic carbocycles. The summed E-state index contributed by atoms with van der Waals surface area (Å²) >= 11 is 1.71. The van der Waals surface area contributed by atoms with E-state index < -0.39 is 0 Å². The van der Waals surface area contributed by atoms with Gasteiger partial charge in [-0.05, 0) is 61.8 Å². The van der Waals surface area contributed by atoms with Gasteiger partial charge in [0.2, 0.25) is 5.91 Å². The number of hydrogen-bond acceptors (Lipinski definition) is 6. The van der Waals surface area contributed by atoms with E-state index >= 15 is 0 Å². The van der Waals surface area contributed by atoms with Gasteiger partial charge < -0.3 is 5.32 Å². The van der Waals surface area contributed by atoms with Gasteiger partial charge >= 0.3 is 0 Å². The number of pyridine rings is 1. The van der Waals surface area contributed by atoms with E-state index in [1.807, 2.05) is 35.1 Å². The van der Waals surface area contributed by atoms with Crippen LogP contribution >= 0.6 is 11.8 Å². The molecule has 0 saturated heterocycles. The van der Waals surface area contributed by atoms with E-state index in [9.17, 15) is 9.59 Å². The lowest BCUT2D eigenvalue weighted by atomic mass is 9.97. The zero-order valence-electron chi connectivity index (χ0n) is 16.4. The number of aromatic nitrogens is 5. The number of nitrogens with one attached hydrogen (secondary N) is 1. The average Bonchev–Trinajstić information content (AvgIpc) is 3.16. The van der Waals surface area contributed by atoms with Crippen molar-refractivity contribution in [1.29, 1.82) is 0 Å². The average molecular weight is 413 g/mol. The van der Waals surface area contributed by atoms with Crippen LogP contribution in [0, 0.1) is 0 Å². The molecule has 1 atom stereocenters. The van der Waals surface area contributed by atoms with Gasteiger partial charge in [-0.3, -0.25) is 14.0 Å². The summed E-state index contributed by atoms with van der Waals surface area (Å²) < 4.78 is 3.15. The summed E-state index contributed by atoms with van der Waals surface area (Å²) in [7, 11) is 0. The molecule has 1 amide bonds. The van der Waals surface area contributed by atoms with Crippen LogP contribution in [0.3, 0.4) is 0 Å². The predicted octanol–water partition coefficient (Wildman–Crippen LogP) is 1.78. The fourth-order valence-electron chi connectivity index (χ4n) is 3.69. The molecule has 0 fully saturated rings. The molecule has 8 nitrogen and oxygen atoms in total. The highest BCUT2D eigenvalue weighted by Crippen LogP contribution is 2.19. The van der Waals surface area contributed by atoms with Crippen molar-refractivity contribution in [2.45, 2.75) is 44.7 Å². The highest BCUT2D eigenvalue weighted by molar-refractivity contribution is 7.98. The largest absolute Gasteiger partial charge is 0.344 e. The molecule has 9 heteroatoms. The summed E-state index contributed by atoms with van der Waals surface area (Å²) in [5.74, 6) is 1.30. The zero-order valence-corrected chi connectivity index (χ0v) is 17.2. The van der Waals surface area contributed by atoms with Gasteiger partial charge in [0.25, 0.3) is 5.56 Å². The molecular weight excluding hydrogens is 388 g/mol. The highest BCUT2D eigenvalue weighted by atomic mass is 32.2. The molecule has 3 aromatic rings. The summed E-state index contributed by atoms with van der Waals surface area (Å²) in [4.78, 5) is 25.1. The maximum atomic E-state index is 12.8. The number of amides is 1. The van der Waals surface area contributed by atoms with Crippen LogP contribution in [0.2, 0.25) is 0 Å². The molecule has 152 valence electrons. The Morgan fingerprint density at radius 3 is 3.00 bits per heavy atom. The minimum absolute atomic E-state index is 0.0986. The van der Waals surface area contributed by atoms with E-state index in [1.54, 1.807) is 17.8 Å². The summed E-state index contributed by atoms with van der Waals surface area (Å²) in [6.07, 6.45) is 8.54. The van der Waals surface area contributed by atoms with Crippen LogP contribution in [0.1, 0.15) is 42.4 Å². The lowest BCUT2D eigenvalue weighted by Crippen LogP contribution is -2.37. The van der Waals surface area contributed by atoms with Crippen LogP contribution in [0.5, 0.6) is 0 Å². The molecule has 29 heavy (non-hydrogen) atoms. The number of hydrogen-bond donors (Lipinski definition) is 1. The monoisotopic (exact) mass is 412 g/mol. The van der Waals surface area contributed by atoms with Crippen molar-refractivity contribution in [2.75, 3.05) is 12.0 Å². The SMILES string of the molecule is CSCC[C@@H](NC(=O)Cn1nc2c(cc1=O)CCCC2)c1nnc2ccccn12. The van der Waals surface area contributed by atoms with Crippen molar-refractivity contribution in [3.05, 3.63) is 57.9 Å². The van der Waals surface area contributed by atoms with Crippen LogP contribution in [-0.2, 0) is 24.2 Å². The number of nitrogens with zero attached hydrogens (tertiary/aromatic N) is 5. The molecule has 3 heterocycles. The first kappa shape index (κ1) is 19.6. The van der Waals surface area contributed by atoms with Gasteiger partial charge in [0, 0.05) is 12.3 Å². The Morgan fingerprint density at radius 1 is 1.28 bits per heavy atom. The third kappa shape index (κ3) is 4.34. The Bertz CT molecular complexity index is 1080. The number of carbonyl (C=O) groups is 1. The first-order chi connectivity index (χ1) is 14.2. The van der Waals surface area contributed by atoms with E-state index in [4.69, 9.17) is 0 Å². The maximum absolute atomic E-state index is 12.8. The van der Waals surface area contributed by atoms with Gasteiger partial charge in [0.15, 0.2) is 11.5 Å². The van der Waals surface area contributed by atoms with Crippen LogP contribution < -0.4 is 10.9 Å². The summed E-state index contributed by atoms with van der Waals surface area (Å²) in [5, 5.41) is 15.9. The van der Waals surface area contributed by atoms with Crippen LogP contribution in [0.4, 0.5) is 0 Å². The Morgan fingerprint density at radius 2 is 2.14 bits per heavy atom. The lowest BCUT2D eigenvalue weighted by Gasteiger charge is -2.18. The minimum atomic E-state index is -0.291. The number of fused-ring (bicyclic) bond motifs is 2. The number of aryl methyl sites for hydroxylation is 2. The van der Waals surface area contributed by atoms with Crippen molar-refractivity contribution in [1.82, 2.24) is 29.7 Å². The molecule has 1 aliphatic rings. The normalized spacial score (nSPS) is 14.5. The van der Waals surface area contributed by atoms with Gasteiger partial charge in [-0.15, -0.1) is 10.2 Å². The second kappa shape index (κ2) is 8.77. The Kier molecular flexibility index (Phi) is 5.94. The maximum Gasteiger partial charge on any atom is 0.267 e. The molecule has 0 radical (unpaired) electrons. The Hall–Kier alpha value is -2.68. The van der Waals surface area contributed by atoms with Gasteiger partial charge in [-0.1, -0.05) is 6.07 Å². The molecule has 4 rings (SSSR count). The molecule has 0 spiro atoms. The van der Waals surface area contributed by atoms with Crippen LogP contribution in [0.25, 0.3) is 5.65 Å². The molecule has 0 saturated carbocycles. The first-order valence-electron chi connectivity index (χ1n) is 9.83. The van der Waals surface area contributed by atoms with E-state index in [2.05, 4.69) is 20.6 Å². The van der Waals surface area contributed by atoms with E-state index in [0.29, 0.717) is 5.82 Å².